The Bertz CT molecular complexity index is 573. The molecule has 0 aromatic carbocycles. The van der Waals surface area contributed by atoms with Crippen LogP contribution >= 0.6 is 0 Å². The summed E-state index contributed by atoms with van der Waals surface area (Å²) in [5.74, 6) is 3.00. The summed E-state index contributed by atoms with van der Waals surface area (Å²) >= 11 is 0. The van der Waals surface area contributed by atoms with Crippen LogP contribution in [0.15, 0.2) is 0 Å². The zero-order valence-electron chi connectivity index (χ0n) is 18.5. The number of terminal acetylenes is 2. The molecule has 6 nitrogen and oxygen atoms in total. The fourth-order valence-electron chi connectivity index (χ4n) is 3.22. The predicted molar refractivity (Wildman–Crippen MR) is 120 cm³/mol. The third-order valence-electron chi connectivity index (χ3n) is 4.91. The Balaban J connectivity index is 4.32. The zero-order chi connectivity index (χ0) is 22.6. The van der Waals surface area contributed by atoms with Crippen LogP contribution in [0.4, 0.5) is 0 Å². The number of carboxylic acids is 1. The lowest BCUT2D eigenvalue weighted by Gasteiger charge is -2.24. The Labute approximate surface area is 182 Å². The normalized spacial score (nSPS) is 11.2. The first-order valence-corrected chi connectivity index (χ1v) is 11.1. The van der Waals surface area contributed by atoms with E-state index < -0.39 is 17.9 Å². The second-order valence-electron chi connectivity index (χ2n) is 7.59. The molecule has 0 heterocycles. The first-order chi connectivity index (χ1) is 14.5. The molecule has 6 heteroatoms. The Morgan fingerprint density at radius 2 is 1.37 bits per heavy atom. The standard InChI is InChI=1S/C24H38N2O4/c1-4-7-8-9-10-11-12-13-14-15-16-22(27)25-21(17-18-23(28)29)24(30)26(19-5-2)20-6-3/h2-3,21H,4,7-20H2,1H3,(H,25,27)(H,28,29). The lowest BCUT2D eigenvalue weighted by atomic mass is 10.1. The molecule has 2 amide bonds. The third-order valence-corrected chi connectivity index (χ3v) is 4.91. The van der Waals surface area contributed by atoms with Crippen molar-refractivity contribution in [1.82, 2.24) is 10.2 Å². The van der Waals surface area contributed by atoms with E-state index in [1.165, 1.54) is 49.8 Å². The van der Waals surface area contributed by atoms with E-state index in [2.05, 4.69) is 24.1 Å². The van der Waals surface area contributed by atoms with Crippen molar-refractivity contribution in [2.75, 3.05) is 13.1 Å². The highest BCUT2D eigenvalue weighted by molar-refractivity contribution is 5.88. The second kappa shape index (κ2) is 18.6. The maximum absolute atomic E-state index is 12.6. The van der Waals surface area contributed by atoms with E-state index in [1.807, 2.05) is 0 Å². The van der Waals surface area contributed by atoms with Gasteiger partial charge in [-0.25, -0.2) is 0 Å². The van der Waals surface area contributed by atoms with Gasteiger partial charge >= 0.3 is 5.97 Å². The Morgan fingerprint density at radius 1 is 0.867 bits per heavy atom. The average Bonchev–Trinajstić information content (AvgIpc) is 2.71. The molecule has 1 atom stereocenters. The first kappa shape index (κ1) is 27.5. The molecule has 0 saturated carbocycles. The van der Waals surface area contributed by atoms with Gasteiger partial charge in [0.25, 0.3) is 0 Å². The average molecular weight is 419 g/mol. The van der Waals surface area contributed by atoms with Gasteiger partial charge in [-0.05, 0) is 12.8 Å². The minimum atomic E-state index is -1.03. The van der Waals surface area contributed by atoms with Crippen molar-refractivity contribution in [3.8, 4) is 24.7 Å². The molecule has 0 aliphatic carbocycles. The summed E-state index contributed by atoms with van der Waals surface area (Å²) in [6.07, 6.45) is 22.3. The van der Waals surface area contributed by atoms with Crippen LogP contribution in [-0.2, 0) is 14.4 Å². The number of amides is 2. The Kier molecular flexibility index (Phi) is 17.0. The van der Waals surface area contributed by atoms with Crippen molar-refractivity contribution in [3.63, 3.8) is 0 Å². The Hall–Kier alpha value is -2.47. The molecule has 0 saturated heterocycles. The molecule has 168 valence electrons. The summed E-state index contributed by atoms with van der Waals surface area (Å²) < 4.78 is 0. The van der Waals surface area contributed by atoms with Gasteiger partial charge in [-0.2, -0.15) is 0 Å². The minimum absolute atomic E-state index is 0.00355. The molecule has 0 rings (SSSR count). The molecule has 1 unspecified atom stereocenters. The van der Waals surface area contributed by atoms with Gasteiger partial charge in [0.05, 0.1) is 13.1 Å². The summed E-state index contributed by atoms with van der Waals surface area (Å²) in [5.41, 5.74) is 0. The third kappa shape index (κ3) is 14.5. The minimum Gasteiger partial charge on any atom is -0.481 e. The fraction of sp³-hybridized carbons (Fsp3) is 0.708. The van der Waals surface area contributed by atoms with Crippen molar-refractivity contribution in [2.45, 2.75) is 96.4 Å². The molecule has 0 spiro atoms. The summed E-state index contributed by atoms with van der Waals surface area (Å²) in [7, 11) is 0. The van der Waals surface area contributed by atoms with Crippen molar-refractivity contribution >= 4 is 17.8 Å². The predicted octanol–water partition coefficient (Wildman–Crippen LogP) is 3.74. The quantitative estimate of drug-likeness (QED) is 0.262. The monoisotopic (exact) mass is 418 g/mol. The number of hydrogen-bond donors (Lipinski definition) is 2. The lowest BCUT2D eigenvalue weighted by Crippen LogP contribution is -2.49. The van der Waals surface area contributed by atoms with Gasteiger partial charge in [-0.15, -0.1) is 12.8 Å². The van der Waals surface area contributed by atoms with Gasteiger partial charge < -0.3 is 15.3 Å². The van der Waals surface area contributed by atoms with E-state index in [0.29, 0.717) is 6.42 Å². The van der Waals surface area contributed by atoms with Crippen molar-refractivity contribution in [1.29, 1.82) is 0 Å². The number of nitrogens with zero attached hydrogens (tertiary/aromatic N) is 1. The lowest BCUT2D eigenvalue weighted by molar-refractivity contribution is -0.139. The van der Waals surface area contributed by atoms with Crippen LogP contribution in [0, 0.1) is 24.7 Å². The molecule has 0 fully saturated rings. The maximum atomic E-state index is 12.6. The van der Waals surface area contributed by atoms with Crippen molar-refractivity contribution < 1.29 is 19.5 Å². The molecular weight excluding hydrogens is 380 g/mol. The number of unbranched alkanes of at least 4 members (excludes halogenated alkanes) is 9. The SMILES string of the molecule is C#CCN(CC#C)C(=O)C(CCC(=O)O)NC(=O)CCCCCCCCCCCC. The van der Waals surface area contributed by atoms with Gasteiger partial charge in [-0.1, -0.05) is 76.6 Å². The highest BCUT2D eigenvalue weighted by atomic mass is 16.4. The molecule has 0 aromatic rings. The van der Waals surface area contributed by atoms with E-state index in [9.17, 15) is 14.4 Å². The summed E-state index contributed by atoms with van der Waals surface area (Å²) in [6, 6.07) is -0.932. The van der Waals surface area contributed by atoms with E-state index in [-0.39, 0.29) is 31.8 Å². The number of aliphatic carboxylic acids is 1. The molecule has 0 bridgehead atoms. The fourth-order valence-corrected chi connectivity index (χ4v) is 3.22. The van der Waals surface area contributed by atoms with Crippen LogP contribution in [0.1, 0.15) is 90.4 Å². The van der Waals surface area contributed by atoms with Crippen molar-refractivity contribution in [2.24, 2.45) is 0 Å². The van der Waals surface area contributed by atoms with Crippen LogP contribution < -0.4 is 5.32 Å². The first-order valence-electron chi connectivity index (χ1n) is 11.1. The molecule has 2 N–H and O–H groups in total. The molecule has 30 heavy (non-hydrogen) atoms. The van der Waals surface area contributed by atoms with E-state index in [4.69, 9.17) is 18.0 Å². The van der Waals surface area contributed by atoms with Gasteiger partial charge in [0.15, 0.2) is 0 Å². The Morgan fingerprint density at radius 3 is 1.83 bits per heavy atom. The zero-order valence-corrected chi connectivity index (χ0v) is 18.5. The van der Waals surface area contributed by atoms with Crippen LogP contribution in [-0.4, -0.2) is 46.9 Å². The highest BCUT2D eigenvalue weighted by Crippen LogP contribution is 2.11. The largest absolute Gasteiger partial charge is 0.481 e. The maximum Gasteiger partial charge on any atom is 0.303 e. The summed E-state index contributed by atoms with van der Waals surface area (Å²) in [5, 5.41) is 11.6. The smallest absolute Gasteiger partial charge is 0.303 e. The number of nitrogens with one attached hydrogen (secondary N) is 1. The van der Waals surface area contributed by atoms with Crippen molar-refractivity contribution in [3.05, 3.63) is 0 Å². The molecular formula is C24H38N2O4. The van der Waals surface area contributed by atoms with Crippen LogP contribution in [0.3, 0.4) is 0 Å². The van der Waals surface area contributed by atoms with Crippen LogP contribution in [0.25, 0.3) is 0 Å². The van der Waals surface area contributed by atoms with Gasteiger partial charge in [-0.3, -0.25) is 14.4 Å². The second-order valence-corrected chi connectivity index (χ2v) is 7.59. The number of rotatable bonds is 18. The van der Waals surface area contributed by atoms with E-state index in [1.54, 1.807) is 0 Å². The molecule has 0 aromatic heterocycles. The van der Waals surface area contributed by atoms with E-state index >= 15 is 0 Å². The molecule has 0 aliphatic rings. The van der Waals surface area contributed by atoms with Crippen LogP contribution in [0.5, 0.6) is 0 Å². The van der Waals surface area contributed by atoms with E-state index in [0.717, 1.165) is 19.3 Å². The summed E-state index contributed by atoms with van der Waals surface area (Å²) in [6.45, 7) is 2.24. The number of carbonyl (C=O) groups is 3. The number of hydrogen-bond acceptors (Lipinski definition) is 3. The summed E-state index contributed by atoms with van der Waals surface area (Å²) in [4.78, 5) is 37.1. The van der Waals surface area contributed by atoms with Gasteiger partial charge in [0.2, 0.25) is 11.8 Å². The highest BCUT2D eigenvalue weighted by Gasteiger charge is 2.25. The molecule has 0 radical (unpaired) electrons. The van der Waals surface area contributed by atoms with Crippen LogP contribution in [0.2, 0.25) is 0 Å². The number of carbonyl (C=O) groups excluding carboxylic acids is 2. The number of carboxylic acid groups (broad SMARTS) is 1. The van der Waals surface area contributed by atoms with Gasteiger partial charge in [0, 0.05) is 12.8 Å². The van der Waals surface area contributed by atoms with Gasteiger partial charge in [0.1, 0.15) is 6.04 Å². The molecule has 0 aliphatic heterocycles. The topological polar surface area (TPSA) is 86.7 Å².